The minimum Gasteiger partial charge on any atom is -0.326 e. The van der Waals surface area contributed by atoms with Crippen LogP contribution >= 0.6 is 11.6 Å². The van der Waals surface area contributed by atoms with Gasteiger partial charge in [0.05, 0.1) is 23.7 Å². The molecule has 0 bridgehead atoms. The summed E-state index contributed by atoms with van der Waals surface area (Å²) in [6, 6.07) is 8.16. The predicted molar refractivity (Wildman–Crippen MR) is 101 cm³/mol. The lowest BCUT2D eigenvalue weighted by Gasteiger charge is -2.26. The number of likely N-dealkylation sites (tertiary alicyclic amines) is 1. The zero-order chi connectivity index (χ0) is 17.6. The number of carbonyl (C=O) groups excluding carboxylic acids is 1. The molecule has 1 amide bonds. The molecule has 2 aromatic rings. The molecule has 0 saturated carbocycles. The first-order chi connectivity index (χ1) is 12.1. The third-order valence-electron chi connectivity index (χ3n) is 4.59. The summed E-state index contributed by atoms with van der Waals surface area (Å²) in [5.74, 6) is -0.209. The molecular weight excluding hydrogens is 336 g/mol. The van der Waals surface area contributed by atoms with Crippen molar-refractivity contribution < 1.29 is 4.79 Å². The van der Waals surface area contributed by atoms with Crippen LogP contribution in [0.25, 0.3) is 0 Å². The molecule has 25 heavy (non-hydrogen) atoms. The molecule has 2 heterocycles. The number of carbonyl (C=O) groups is 1. The smallest absolute Gasteiger partial charge is 0.229 e. The first-order valence-electron chi connectivity index (χ1n) is 8.90. The average molecular weight is 361 g/mol. The van der Waals surface area contributed by atoms with Gasteiger partial charge in [0.15, 0.2) is 0 Å². The number of benzene rings is 1. The number of anilines is 1. The van der Waals surface area contributed by atoms with E-state index in [-0.39, 0.29) is 11.8 Å². The number of nitrogens with zero attached hydrogens (tertiary/aromatic N) is 3. The Hall–Kier alpha value is -1.85. The molecule has 134 valence electrons. The summed E-state index contributed by atoms with van der Waals surface area (Å²) in [7, 11) is 0. The molecule has 3 rings (SSSR count). The molecule has 0 aliphatic carbocycles. The minimum atomic E-state index is -0.191. The van der Waals surface area contributed by atoms with E-state index in [1.165, 1.54) is 37.9 Å². The van der Waals surface area contributed by atoms with Gasteiger partial charge in [-0.25, -0.2) is 0 Å². The van der Waals surface area contributed by atoms with Crippen LogP contribution in [-0.4, -0.2) is 33.7 Å². The van der Waals surface area contributed by atoms with Crippen LogP contribution < -0.4 is 5.32 Å². The molecule has 0 radical (unpaired) electrons. The maximum Gasteiger partial charge on any atom is 0.229 e. The van der Waals surface area contributed by atoms with Crippen LogP contribution in [-0.2, 0) is 17.9 Å². The van der Waals surface area contributed by atoms with E-state index in [1.54, 1.807) is 17.1 Å². The second kappa shape index (κ2) is 8.50. The van der Waals surface area contributed by atoms with Crippen LogP contribution in [0.2, 0.25) is 5.02 Å². The summed E-state index contributed by atoms with van der Waals surface area (Å²) in [4.78, 5) is 14.8. The van der Waals surface area contributed by atoms with Crippen LogP contribution in [0.5, 0.6) is 0 Å². The molecule has 1 unspecified atom stereocenters. The molecule has 1 aliphatic rings. The van der Waals surface area contributed by atoms with Gasteiger partial charge in [-0.3, -0.25) is 14.4 Å². The molecule has 1 aromatic carbocycles. The molecule has 1 aromatic heterocycles. The van der Waals surface area contributed by atoms with Gasteiger partial charge in [0.25, 0.3) is 0 Å². The van der Waals surface area contributed by atoms with Gasteiger partial charge in [-0.2, -0.15) is 5.10 Å². The Morgan fingerprint density at radius 3 is 2.60 bits per heavy atom. The largest absolute Gasteiger partial charge is 0.326 e. The van der Waals surface area contributed by atoms with E-state index in [9.17, 15) is 4.79 Å². The van der Waals surface area contributed by atoms with Crippen LogP contribution in [0.1, 0.15) is 31.7 Å². The summed E-state index contributed by atoms with van der Waals surface area (Å²) < 4.78 is 1.69. The first kappa shape index (κ1) is 18.0. The van der Waals surface area contributed by atoms with Crippen LogP contribution in [0.4, 0.5) is 5.69 Å². The fourth-order valence-corrected chi connectivity index (χ4v) is 3.29. The SMILES string of the molecule is CC(Cn1cc(Cl)cn1)C(=O)Nc1ccc(CN2CCCCC2)cc1. The lowest BCUT2D eigenvalue weighted by Crippen LogP contribution is -2.29. The summed E-state index contributed by atoms with van der Waals surface area (Å²) in [5, 5.41) is 7.67. The second-order valence-corrected chi connectivity index (χ2v) is 7.24. The lowest BCUT2D eigenvalue weighted by atomic mass is 10.1. The molecule has 1 fully saturated rings. The van der Waals surface area contributed by atoms with Crippen LogP contribution in [0.3, 0.4) is 0 Å². The molecule has 5 nitrogen and oxygen atoms in total. The standard InChI is InChI=1S/C19H25ClN4O/c1-15(12-24-14-17(20)11-21-24)19(25)22-18-7-5-16(6-8-18)13-23-9-3-2-4-10-23/h5-8,11,14-15H,2-4,9-10,12-13H2,1H3,(H,22,25). The summed E-state index contributed by atoms with van der Waals surface area (Å²) in [6.45, 7) is 5.76. The Morgan fingerprint density at radius 2 is 1.96 bits per heavy atom. The van der Waals surface area contributed by atoms with E-state index >= 15 is 0 Å². The molecule has 1 N–H and O–H groups in total. The zero-order valence-electron chi connectivity index (χ0n) is 14.6. The van der Waals surface area contributed by atoms with Gasteiger partial charge in [0.2, 0.25) is 5.91 Å². The van der Waals surface area contributed by atoms with Crippen molar-refractivity contribution in [3.8, 4) is 0 Å². The highest BCUT2D eigenvalue weighted by Gasteiger charge is 2.15. The Labute approximate surface area is 154 Å². The Kier molecular flexibility index (Phi) is 6.10. The Balaban J connectivity index is 1.50. The third-order valence-corrected chi connectivity index (χ3v) is 4.78. The van der Waals surface area contributed by atoms with Gasteiger partial charge in [-0.05, 0) is 43.6 Å². The molecule has 1 aliphatic heterocycles. The van der Waals surface area contributed by atoms with Crippen molar-refractivity contribution in [3.63, 3.8) is 0 Å². The number of piperidine rings is 1. The van der Waals surface area contributed by atoms with Crippen molar-refractivity contribution in [1.82, 2.24) is 14.7 Å². The summed E-state index contributed by atoms with van der Waals surface area (Å²) in [5.41, 5.74) is 2.12. The Morgan fingerprint density at radius 1 is 1.24 bits per heavy atom. The maximum atomic E-state index is 12.3. The van der Waals surface area contributed by atoms with Crippen molar-refractivity contribution in [3.05, 3.63) is 47.2 Å². The second-order valence-electron chi connectivity index (χ2n) is 6.80. The van der Waals surface area contributed by atoms with Gasteiger partial charge < -0.3 is 5.32 Å². The highest BCUT2D eigenvalue weighted by atomic mass is 35.5. The lowest BCUT2D eigenvalue weighted by molar-refractivity contribution is -0.119. The first-order valence-corrected chi connectivity index (χ1v) is 9.28. The van der Waals surface area contributed by atoms with Crippen molar-refractivity contribution in [2.75, 3.05) is 18.4 Å². The number of nitrogens with one attached hydrogen (secondary N) is 1. The van der Waals surface area contributed by atoms with E-state index in [2.05, 4.69) is 27.4 Å². The third kappa shape index (κ3) is 5.31. The van der Waals surface area contributed by atoms with Gasteiger partial charge in [0.1, 0.15) is 0 Å². The Bertz CT molecular complexity index is 692. The van der Waals surface area contributed by atoms with Gasteiger partial charge in [-0.15, -0.1) is 0 Å². The van der Waals surface area contributed by atoms with Crippen molar-refractivity contribution in [2.45, 2.75) is 39.3 Å². The highest BCUT2D eigenvalue weighted by Crippen LogP contribution is 2.16. The monoisotopic (exact) mass is 360 g/mol. The van der Waals surface area contributed by atoms with Gasteiger partial charge >= 0.3 is 0 Å². The highest BCUT2D eigenvalue weighted by molar-refractivity contribution is 6.30. The number of hydrogen-bond acceptors (Lipinski definition) is 3. The van der Waals surface area contributed by atoms with E-state index in [1.807, 2.05) is 19.1 Å². The number of amides is 1. The summed E-state index contributed by atoms with van der Waals surface area (Å²) >= 11 is 5.85. The number of hydrogen-bond donors (Lipinski definition) is 1. The normalized spacial score (nSPS) is 16.6. The number of aromatic nitrogens is 2. The van der Waals surface area contributed by atoms with Crippen molar-refractivity contribution in [1.29, 1.82) is 0 Å². The van der Waals surface area contributed by atoms with Gasteiger partial charge in [0, 0.05) is 18.4 Å². The van der Waals surface area contributed by atoms with E-state index < -0.39 is 0 Å². The zero-order valence-corrected chi connectivity index (χ0v) is 15.4. The molecule has 1 atom stereocenters. The fraction of sp³-hybridized carbons (Fsp3) is 0.474. The van der Waals surface area contributed by atoms with Crippen molar-refractivity contribution in [2.24, 2.45) is 5.92 Å². The molecular formula is C19H25ClN4O. The fourth-order valence-electron chi connectivity index (χ4n) is 3.14. The predicted octanol–water partition coefficient (Wildman–Crippen LogP) is 3.80. The van der Waals surface area contributed by atoms with Gasteiger partial charge in [-0.1, -0.05) is 37.1 Å². The van der Waals surface area contributed by atoms with E-state index in [0.29, 0.717) is 11.6 Å². The minimum absolute atomic E-state index is 0.0181. The van der Waals surface area contributed by atoms with E-state index in [4.69, 9.17) is 11.6 Å². The number of rotatable bonds is 6. The van der Waals surface area contributed by atoms with E-state index in [0.717, 1.165) is 12.2 Å². The average Bonchev–Trinajstić information content (AvgIpc) is 3.02. The molecule has 1 saturated heterocycles. The van der Waals surface area contributed by atoms with Crippen LogP contribution in [0.15, 0.2) is 36.7 Å². The topological polar surface area (TPSA) is 50.2 Å². The van der Waals surface area contributed by atoms with Crippen LogP contribution in [0, 0.1) is 5.92 Å². The molecule has 6 heteroatoms. The quantitative estimate of drug-likeness (QED) is 0.852. The molecule has 0 spiro atoms. The maximum absolute atomic E-state index is 12.3. The van der Waals surface area contributed by atoms with Crippen molar-refractivity contribution >= 4 is 23.2 Å². The summed E-state index contributed by atoms with van der Waals surface area (Å²) in [6.07, 6.45) is 7.25. The number of halogens is 1.